The van der Waals surface area contributed by atoms with Crippen LogP contribution in [-0.2, 0) is 12.8 Å². The highest BCUT2D eigenvalue weighted by atomic mass is 16.5. The predicted molar refractivity (Wildman–Crippen MR) is 121 cm³/mol. The van der Waals surface area contributed by atoms with Gasteiger partial charge in [0.15, 0.2) is 11.5 Å². The molecule has 0 spiro atoms. The predicted octanol–water partition coefficient (Wildman–Crippen LogP) is 3.57. The number of benzene rings is 2. The summed E-state index contributed by atoms with van der Waals surface area (Å²) in [5.41, 5.74) is 2.20. The lowest BCUT2D eigenvalue weighted by Crippen LogP contribution is -2.30. The first-order valence-corrected chi connectivity index (χ1v) is 10.6. The normalized spacial score (nSPS) is 15.2. The van der Waals surface area contributed by atoms with E-state index in [2.05, 4.69) is 41.1 Å². The van der Waals surface area contributed by atoms with Crippen molar-refractivity contribution >= 4 is 16.7 Å². The van der Waals surface area contributed by atoms with Gasteiger partial charge in [0.05, 0.1) is 19.7 Å². The fraction of sp³-hybridized carbons (Fsp3) is 0.417. The Morgan fingerprint density at radius 3 is 2.40 bits per heavy atom. The Hall–Kier alpha value is -2.86. The molecule has 0 N–H and O–H groups in total. The molecule has 0 amide bonds. The average molecular weight is 407 g/mol. The first-order chi connectivity index (χ1) is 14.7. The maximum atomic E-state index is 5.56. The minimum atomic E-state index is 0.694. The fourth-order valence-electron chi connectivity index (χ4n) is 4.00. The van der Waals surface area contributed by atoms with Crippen molar-refractivity contribution in [3.63, 3.8) is 0 Å². The zero-order valence-corrected chi connectivity index (χ0v) is 18.1. The molecule has 1 aromatic heterocycles. The number of hydrogen-bond donors (Lipinski definition) is 0. The monoisotopic (exact) mass is 406 g/mol. The number of hydrogen-bond acceptors (Lipinski definition) is 6. The zero-order chi connectivity index (χ0) is 20.9. The van der Waals surface area contributed by atoms with E-state index >= 15 is 0 Å². The Morgan fingerprint density at radius 1 is 0.867 bits per heavy atom. The quantitative estimate of drug-likeness (QED) is 0.624. The molecule has 2 aromatic carbocycles. The van der Waals surface area contributed by atoms with Crippen molar-refractivity contribution in [2.45, 2.75) is 19.3 Å². The van der Waals surface area contributed by atoms with Gasteiger partial charge in [0.25, 0.3) is 0 Å². The number of fused-ring (bicyclic) bond motifs is 1. The molecular formula is C24H30N4O2. The van der Waals surface area contributed by atoms with Gasteiger partial charge in [-0.25, -0.2) is 9.97 Å². The van der Waals surface area contributed by atoms with Gasteiger partial charge in [-0.05, 0) is 38.1 Å². The zero-order valence-electron chi connectivity index (χ0n) is 18.1. The van der Waals surface area contributed by atoms with Gasteiger partial charge in [0.2, 0.25) is 0 Å². The molecule has 4 rings (SSSR count). The van der Waals surface area contributed by atoms with Crippen LogP contribution in [0.1, 0.15) is 17.8 Å². The maximum absolute atomic E-state index is 5.56. The van der Waals surface area contributed by atoms with E-state index in [1.165, 1.54) is 5.56 Å². The van der Waals surface area contributed by atoms with Crippen LogP contribution in [0.25, 0.3) is 10.9 Å². The standard InChI is InChI=1S/C24H30N4O2/c1-27-12-7-13-28(15-14-27)24-19-16-21(29-2)22(30-3)17-20(19)25-23(26-24)11-10-18-8-5-4-6-9-18/h4-6,8-9,16-17H,7,10-15H2,1-3H3. The number of aryl methyl sites for hydroxylation is 2. The molecule has 1 fully saturated rings. The van der Waals surface area contributed by atoms with E-state index in [0.717, 1.165) is 68.0 Å². The van der Waals surface area contributed by atoms with Crippen molar-refractivity contribution in [3.8, 4) is 11.5 Å². The van der Waals surface area contributed by atoms with Gasteiger partial charge < -0.3 is 19.3 Å². The van der Waals surface area contributed by atoms with Crippen LogP contribution in [0.5, 0.6) is 11.5 Å². The van der Waals surface area contributed by atoms with Gasteiger partial charge in [-0.15, -0.1) is 0 Å². The van der Waals surface area contributed by atoms with Crippen LogP contribution in [0.15, 0.2) is 42.5 Å². The Bertz CT molecular complexity index is 993. The van der Waals surface area contributed by atoms with Gasteiger partial charge in [-0.2, -0.15) is 0 Å². The second-order valence-corrected chi connectivity index (χ2v) is 7.82. The summed E-state index contributed by atoms with van der Waals surface area (Å²) in [4.78, 5) is 14.7. The minimum absolute atomic E-state index is 0.694. The number of likely N-dealkylation sites (N-methyl/N-ethyl adjacent to an activating group) is 1. The summed E-state index contributed by atoms with van der Waals surface area (Å²) in [5.74, 6) is 3.27. The highest BCUT2D eigenvalue weighted by Gasteiger charge is 2.20. The van der Waals surface area contributed by atoms with E-state index in [0.29, 0.717) is 11.5 Å². The lowest BCUT2D eigenvalue weighted by molar-refractivity contribution is 0.355. The van der Waals surface area contributed by atoms with E-state index < -0.39 is 0 Å². The first-order valence-electron chi connectivity index (χ1n) is 10.6. The number of aromatic nitrogens is 2. The van der Waals surface area contributed by atoms with Crippen molar-refractivity contribution in [2.24, 2.45) is 0 Å². The average Bonchev–Trinajstić information content (AvgIpc) is 3.01. The molecule has 30 heavy (non-hydrogen) atoms. The summed E-state index contributed by atoms with van der Waals surface area (Å²) in [6, 6.07) is 14.5. The van der Waals surface area contributed by atoms with Crippen LogP contribution >= 0.6 is 0 Å². The van der Waals surface area contributed by atoms with Gasteiger partial charge in [0, 0.05) is 37.5 Å². The molecule has 3 aromatic rings. The lowest BCUT2D eigenvalue weighted by atomic mass is 10.1. The number of methoxy groups -OCH3 is 2. The van der Waals surface area contributed by atoms with Gasteiger partial charge >= 0.3 is 0 Å². The second-order valence-electron chi connectivity index (χ2n) is 7.82. The van der Waals surface area contributed by atoms with Gasteiger partial charge in [-0.1, -0.05) is 30.3 Å². The molecule has 2 heterocycles. The topological polar surface area (TPSA) is 50.7 Å². The third-order valence-electron chi connectivity index (χ3n) is 5.73. The molecule has 0 saturated carbocycles. The summed E-state index contributed by atoms with van der Waals surface area (Å²) in [6.45, 7) is 4.08. The lowest BCUT2D eigenvalue weighted by Gasteiger charge is -2.24. The van der Waals surface area contributed by atoms with Crippen LogP contribution in [-0.4, -0.2) is 62.3 Å². The largest absolute Gasteiger partial charge is 0.493 e. The molecule has 6 heteroatoms. The summed E-state index contributed by atoms with van der Waals surface area (Å²) < 4.78 is 11.1. The molecular weight excluding hydrogens is 376 g/mol. The van der Waals surface area contributed by atoms with Crippen molar-refractivity contribution in [1.82, 2.24) is 14.9 Å². The van der Waals surface area contributed by atoms with Crippen LogP contribution in [0.2, 0.25) is 0 Å². The molecule has 0 atom stereocenters. The second kappa shape index (κ2) is 9.30. The number of anilines is 1. The van der Waals surface area contributed by atoms with Gasteiger partial charge in [-0.3, -0.25) is 0 Å². The number of nitrogens with zero attached hydrogens (tertiary/aromatic N) is 4. The summed E-state index contributed by atoms with van der Waals surface area (Å²) in [5, 5.41) is 1.01. The van der Waals surface area contributed by atoms with Crippen LogP contribution in [0.4, 0.5) is 5.82 Å². The molecule has 1 aliphatic rings. The Labute approximate surface area is 178 Å². The number of rotatable bonds is 6. The molecule has 1 aliphatic heterocycles. The van der Waals surface area contributed by atoms with E-state index in [1.807, 2.05) is 18.2 Å². The van der Waals surface area contributed by atoms with E-state index in [1.54, 1.807) is 14.2 Å². The maximum Gasteiger partial charge on any atom is 0.162 e. The van der Waals surface area contributed by atoms with E-state index in [4.69, 9.17) is 19.4 Å². The first kappa shape index (κ1) is 20.4. The molecule has 0 radical (unpaired) electrons. The summed E-state index contributed by atoms with van der Waals surface area (Å²) >= 11 is 0. The number of ether oxygens (including phenoxy) is 2. The Morgan fingerprint density at radius 2 is 1.63 bits per heavy atom. The third-order valence-corrected chi connectivity index (χ3v) is 5.73. The van der Waals surface area contributed by atoms with Crippen molar-refractivity contribution in [2.75, 3.05) is 52.3 Å². The van der Waals surface area contributed by atoms with Gasteiger partial charge in [0.1, 0.15) is 11.6 Å². The molecule has 158 valence electrons. The summed E-state index contributed by atoms with van der Waals surface area (Å²) in [7, 11) is 5.51. The molecule has 0 bridgehead atoms. The molecule has 1 saturated heterocycles. The molecule has 0 aliphatic carbocycles. The Balaban J connectivity index is 1.74. The fourth-order valence-corrected chi connectivity index (χ4v) is 4.00. The smallest absolute Gasteiger partial charge is 0.162 e. The summed E-state index contributed by atoms with van der Waals surface area (Å²) in [6.07, 6.45) is 2.84. The highest BCUT2D eigenvalue weighted by Crippen LogP contribution is 2.35. The van der Waals surface area contributed by atoms with Crippen LogP contribution in [0, 0.1) is 0 Å². The molecule has 6 nitrogen and oxygen atoms in total. The van der Waals surface area contributed by atoms with Crippen LogP contribution in [0.3, 0.4) is 0 Å². The van der Waals surface area contributed by atoms with Crippen molar-refractivity contribution in [1.29, 1.82) is 0 Å². The van der Waals surface area contributed by atoms with Crippen LogP contribution < -0.4 is 14.4 Å². The van der Waals surface area contributed by atoms with E-state index in [-0.39, 0.29) is 0 Å². The van der Waals surface area contributed by atoms with Crippen molar-refractivity contribution in [3.05, 3.63) is 53.9 Å². The van der Waals surface area contributed by atoms with E-state index in [9.17, 15) is 0 Å². The minimum Gasteiger partial charge on any atom is -0.493 e. The molecule has 0 unspecified atom stereocenters. The SMILES string of the molecule is COc1cc2nc(CCc3ccccc3)nc(N3CCCN(C)CC3)c2cc1OC. The Kier molecular flexibility index (Phi) is 6.33. The third kappa shape index (κ3) is 4.49. The highest BCUT2D eigenvalue weighted by molar-refractivity contribution is 5.92. The van der Waals surface area contributed by atoms with Crippen molar-refractivity contribution < 1.29 is 9.47 Å².